The fourth-order valence-corrected chi connectivity index (χ4v) is 3.64. The van der Waals surface area contributed by atoms with Gasteiger partial charge >= 0.3 is 0 Å². The lowest BCUT2D eigenvalue weighted by atomic mass is 10.1. The molecule has 0 unspecified atom stereocenters. The van der Waals surface area contributed by atoms with Crippen LogP contribution in [0, 0.1) is 0 Å². The van der Waals surface area contributed by atoms with E-state index in [1.807, 2.05) is 25.1 Å². The maximum absolute atomic E-state index is 12.8. The van der Waals surface area contributed by atoms with Gasteiger partial charge in [-0.25, -0.2) is 12.7 Å². The first kappa shape index (κ1) is 20.1. The number of para-hydroxylation sites is 1. The summed E-state index contributed by atoms with van der Waals surface area (Å²) in [6.45, 7) is 2.66. The summed E-state index contributed by atoms with van der Waals surface area (Å²) in [5.41, 5.74) is 1.75. The van der Waals surface area contributed by atoms with Crippen LogP contribution in [0.1, 0.15) is 23.0 Å². The lowest BCUT2D eigenvalue weighted by molar-refractivity contribution is 0.0984. The van der Waals surface area contributed by atoms with E-state index in [0.717, 1.165) is 9.69 Å². The second-order valence-electron chi connectivity index (χ2n) is 6.31. The van der Waals surface area contributed by atoms with Crippen LogP contribution in [0.4, 0.5) is 5.69 Å². The lowest BCUT2D eigenvalue weighted by Gasteiger charge is -2.12. The molecule has 0 radical (unpaired) electrons. The standard InChI is InChI=1S/C20H22N2O5S/c1-4-26-13-17-16-7-5-6-8-18(16)27-19(17)20(23)21-14-9-11-15(12-10-14)28(24,25)22(2)3/h5-12H,4,13H2,1-3H3,(H,21,23). The van der Waals surface area contributed by atoms with Crippen molar-refractivity contribution in [2.45, 2.75) is 18.4 Å². The summed E-state index contributed by atoms with van der Waals surface area (Å²) in [6, 6.07) is 13.4. The van der Waals surface area contributed by atoms with E-state index >= 15 is 0 Å². The van der Waals surface area contributed by atoms with E-state index < -0.39 is 15.9 Å². The van der Waals surface area contributed by atoms with Gasteiger partial charge in [-0.05, 0) is 37.3 Å². The van der Waals surface area contributed by atoms with Crippen molar-refractivity contribution >= 4 is 32.6 Å². The summed E-state index contributed by atoms with van der Waals surface area (Å²) < 4.78 is 36.7. The van der Waals surface area contributed by atoms with Gasteiger partial charge in [0.15, 0.2) is 5.76 Å². The van der Waals surface area contributed by atoms with Gasteiger partial charge in [-0.15, -0.1) is 0 Å². The van der Waals surface area contributed by atoms with Crippen molar-refractivity contribution in [1.29, 1.82) is 0 Å². The van der Waals surface area contributed by atoms with Gasteiger partial charge in [-0.2, -0.15) is 0 Å². The number of amides is 1. The lowest BCUT2D eigenvalue weighted by Crippen LogP contribution is -2.22. The normalized spacial score (nSPS) is 11.9. The Kier molecular flexibility index (Phi) is 5.83. The van der Waals surface area contributed by atoms with Gasteiger partial charge in [-0.3, -0.25) is 4.79 Å². The van der Waals surface area contributed by atoms with Gasteiger partial charge in [0.25, 0.3) is 5.91 Å². The van der Waals surface area contributed by atoms with Crippen molar-refractivity contribution in [3.63, 3.8) is 0 Å². The van der Waals surface area contributed by atoms with Crippen LogP contribution in [-0.4, -0.2) is 39.3 Å². The van der Waals surface area contributed by atoms with Crippen molar-refractivity contribution < 1.29 is 22.4 Å². The molecular formula is C20H22N2O5S. The number of nitrogens with one attached hydrogen (secondary N) is 1. The van der Waals surface area contributed by atoms with Crippen molar-refractivity contribution in [3.05, 3.63) is 59.9 Å². The molecular weight excluding hydrogens is 380 g/mol. The summed E-state index contributed by atoms with van der Waals surface area (Å²) in [6.07, 6.45) is 0. The van der Waals surface area contributed by atoms with Gasteiger partial charge < -0.3 is 14.5 Å². The summed E-state index contributed by atoms with van der Waals surface area (Å²) in [4.78, 5) is 12.9. The summed E-state index contributed by atoms with van der Waals surface area (Å²) in [5.74, 6) is -0.242. The number of ether oxygens (including phenoxy) is 1. The Labute approximate surface area is 163 Å². The molecule has 0 aliphatic rings. The van der Waals surface area contributed by atoms with Crippen molar-refractivity contribution in [2.24, 2.45) is 0 Å². The Bertz CT molecular complexity index is 1090. The molecule has 0 spiro atoms. The number of carbonyl (C=O) groups excluding carboxylic acids is 1. The zero-order chi connectivity index (χ0) is 20.3. The number of benzene rings is 2. The van der Waals surface area contributed by atoms with Crippen LogP contribution in [0.15, 0.2) is 57.8 Å². The van der Waals surface area contributed by atoms with Crippen molar-refractivity contribution in [3.8, 4) is 0 Å². The molecule has 2 aromatic carbocycles. The molecule has 7 nitrogen and oxygen atoms in total. The van der Waals surface area contributed by atoms with E-state index in [9.17, 15) is 13.2 Å². The second-order valence-corrected chi connectivity index (χ2v) is 8.46. The first-order valence-electron chi connectivity index (χ1n) is 8.76. The Morgan fingerprint density at radius 2 is 1.79 bits per heavy atom. The third-order valence-corrected chi connectivity index (χ3v) is 6.08. The predicted molar refractivity (Wildman–Crippen MR) is 107 cm³/mol. The number of rotatable bonds is 7. The zero-order valence-electron chi connectivity index (χ0n) is 15.9. The number of nitrogens with zero attached hydrogens (tertiary/aromatic N) is 1. The van der Waals surface area contributed by atoms with E-state index in [-0.39, 0.29) is 17.3 Å². The molecule has 28 heavy (non-hydrogen) atoms. The van der Waals surface area contributed by atoms with E-state index in [1.165, 1.54) is 26.2 Å². The van der Waals surface area contributed by atoms with Gasteiger partial charge in [0.2, 0.25) is 10.0 Å². The van der Waals surface area contributed by atoms with E-state index in [0.29, 0.717) is 23.4 Å². The molecule has 0 saturated heterocycles. The molecule has 8 heteroatoms. The third-order valence-electron chi connectivity index (χ3n) is 4.25. The average molecular weight is 402 g/mol. The van der Waals surface area contributed by atoms with Crippen LogP contribution < -0.4 is 5.32 Å². The number of furan rings is 1. The summed E-state index contributed by atoms with van der Waals surface area (Å²) in [7, 11) is -0.593. The first-order valence-corrected chi connectivity index (χ1v) is 10.2. The third kappa shape index (κ3) is 3.94. The monoisotopic (exact) mass is 402 g/mol. The fraction of sp³-hybridized carbons (Fsp3) is 0.250. The highest BCUT2D eigenvalue weighted by molar-refractivity contribution is 7.89. The molecule has 1 N–H and O–H groups in total. The Morgan fingerprint density at radius 1 is 1.11 bits per heavy atom. The molecule has 3 aromatic rings. The summed E-state index contributed by atoms with van der Waals surface area (Å²) in [5, 5.41) is 3.57. The molecule has 3 rings (SSSR count). The number of carbonyl (C=O) groups is 1. The molecule has 148 valence electrons. The molecule has 0 bridgehead atoms. The van der Waals surface area contributed by atoms with Crippen LogP contribution in [0.2, 0.25) is 0 Å². The maximum atomic E-state index is 12.8. The molecule has 0 saturated carbocycles. The number of hydrogen-bond acceptors (Lipinski definition) is 5. The van der Waals surface area contributed by atoms with Crippen LogP contribution in [0.25, 0.3) is 11.0 Å². The maximum Gasteiger partial charge on any atom is 0.291 e. The quantitative estimate of drug-likeness (QED) is 0.654. The van der Waals surface area contributed by atoms with Gasteiger partial charge in [0.05, 0.1) is 11.5 Å². The highest BCUT2D eigenvalue weighted by atomic mass is 32.2. The average Bonchev–Trinajstić information content (AvgIpc) is 3.05. The first-order chi connectivity index (χ1) is 13.3. The zero-order valence-corrected chi connectivity index (χ0v) is 16.7. The molecule has 1 amide bonds. The van der Waals surface area contributed by atoms with Crippen LogP contribution >= 0.6 is 0 Å². The smallest absolute Gasteiger partial charge is 0.291 e. The molecule has 0 aliphatic heterocycles. The minimum Gasteiger partial charge on any atom is -0.451 e. The minimum atomic E-state index is -3.52. The molecule has 1 heterocycles. The Balaban J connectivity index is 1.87. The predicted octanol–water partition coefficient (Wildman–Crippen LogP) is 3.47. The van der Waals surface area contributed by atoms with E-state index in [2.05, 4.69) is 5.32 Å². The number of anilines is 1. The topological polar surface area (TPSA) is 88.8 Å². The van der Waals surface area contributed by atoms with Crippen molar-refractivity contribution in [1.82, 2.24) is 4.31 Å². The van der Waals surface area contributed by atoms with E-state index in [1.54, 1.807) is 18.2 Å². The molecule has 0 fully saturated rings. The second kappa shape index (κ2) is 8.14. The number of fused-ring (bicyclic) bond motifs is 1. The highest BCUT2D eigenvalue weighted by Gasteiger charge is 2.21. The van der Waals surface area contributed by atoms with Gasteiger partial charge in [0.1, 0.15) is 5.58 Å². The minimum absolute atomic E-state index is 0.149. The Hall–Kier alpha value is -2.68. The van der Waals surface area contributed by atoms with Gasteiger partial charge in [-0.1, -0.05) is 18.2 Å². The van der Waals surface area contributed by atoms with Crippen molar-refractivity contribution in [2.75, 3.05) is 26.0 Å². The largest absolute Gasteiger partial charge is 0.451 e. The van der Waals surface area contributed by atoms with Gasteiger partial charge in [0, 0.05) is 37.3 Å². The number of hydrogen-bond donors (Lipinski definition) is 1. The molecule has 1 aromatic heterocycles. The highest BCUT2D eigenvalue weighted by Crippen LogP contribution is 2.27. The Morgan fingerprint density at radius 3 is 2.43 bits per heavy atom. The molecule has 0 aliphatic carbocycles. The fourth-order valence-electron chi connectivity index (χ4n) is 2.74. The molecule has 0 atom stereocenters. The van der Waals surface area contributed by atoms with E-state index in [4.69, 9.17) is 9.15 Å². The van der Waals surface area contributed by atoms with Crippen LogP contribution in [0.3, 0.4) is 0 Å². The van der Waals surface area contributed by atoms with Crippen LogP contribution in [-0.2, 0) is 21.4 Å². The SMILES string of the molecule is CCOCc1c(C(=O)Nc2ccc(S(=O)(=O)N(C)C)cc2)oc2ccccc12. The number of sulfonamides is 1. The summed E-state index contributed by atoms with van der Waals surface area (Å²) >= 11 is 0. The van der Waals surface area contributed by atoms with Crippen LogP contribution in [0.5, 0.6) is 0 Å².